The zero-order chi connectivity index (χ0) is 15.4. The summed E-state index contributed by atoms with van der Waals surface area (Å²) in [4.78, 5) is 0. The van der Waals surface area contributed by atoms with Crippen molar-refractivity contribution in [2.45, 2.75) is 88.0 Å². The Kier molecular flexibility index (Phi) is 43.1. The first kappa shape index (κ1) is 26.0. The lowest BCUT2D eigenvalue weighted by Crippen LogP contribution is -1.84. The Morgan fingerprint density at radius 1 is 0.889 bits per heavy atom. The summed E-state index contributed by atoms with van der Waals surface area (Å²) in [7, 11) is 0. The maximum Gasteiger partial charge on any atom is 0.0949 e. The summed E-state index contributed by atoms with van der Waals surface area (Å²) in [6, 6.07) is 0. The van der Waals surface area contributed by atoms with Gasteiger partial charge in [0.05, 0.1) is 5.76 Å². The van der Waals surface area contributed by atoms with Gasteiger partial charge in [-0.05, 0) is 25.3 Å². The summed E-state index contributed by atoms with van der Waals surface area (Å²) >= 11 is 0. The molecule has 112 valence electrons. The molecule has 1 heteroatoms. The molecule has 0 saturated carbocycles. The lowest BCUT2D eigenvalue weighted by atomic mass is 10.1. The highest BCUT2D eigenvalue weighted by Crippen LogP contribution is 2.08. The molecule has 0 saturated heterocycles. The standard InChI is InChI=1S/C10H18O.C3H8.2C2H6/c1-4-6-7-8-10(11)9(3)5-2;1-3-2;2*1-2/h6-7,11H,4-5,8H2,1-3H3;3H2,1-2H3;2*1-2H3/b7-6-,10-9-;;;. The predicted molar refractivity (Wildman–Crippen MR) is 88.3 cm³/mol. The second-order valence-electron chi connectivity index (χ2n) is 3.37. The highest BCUT2D eigenvalue weighted by atomic mass is 16.3. The second-order valence-corrected chi connectivity index (χ2v) is 3.37. The summed E-state index contributed by atoms with van der Waals surface area (Å²) in [5.74, 6) is 0.525. The van der Waals surface area contributed by atoms with Gasteiger partial charge < -0.3 is 5.11 Å². The van der Waals surface area contributed by atoms with Crippen LogP contribution in [-0.4, -0.2) is 5.11 Å². The molecule has 0 fully saturated rings. The third kappa shape index (κ3) is 29.5. The van der Waals surface area contributed by atoms with Crippen LogP contribution in [0.3, 0.4) is 0 Å². The van der Waals surface area contributed by atoms with Crippen LogP contribution in [0, 0.1) is 0 Å². The third-order valence-corrected chi connectivity index (χ3v) is 1.74. The topological polar surface area (TPSA) is 20.2 Å². The fraction of sp³-hybridized carbons (Fsp3) is 0.765. The minimum absolute atomic E-state index is 0.525. The summed E-state index contributed by atoms with van der Waals surface area (Å²) < 4.78 is 0. The van der Waals surface area contributed by atoms with E-state index in [4.69, 9.17) is 0 Å². The Morgan fingerprint density at radius 3 is 1.56 bits per heavy atom. The fourth-order valence-corrected chi connectivity index (χ4v) is 0.740. The van der Waals surface area contributed by atoms with Crippen LogP contribution in [0.5, 0.6) is 0 Å². The molecule has 0 aromatic carbocycles. The van der Waals surface area contributed by atoms with Crippen LogP contribution in [0.4, 0.5) is 0 Å². The van der Waals surface area contributed by atoms with Crippen LogP contribution in [0.15, 0.2) is 23.5 Å². The van der Waals surface area contributed by atoms with Gasteiger partial charge in [-0.2, -0.15) is 0 Å². The lowest BCUT2D eigenvalue weighted by Gasteiger charge is -1.99. The van der Waals surface area contributed by atoms with Crippen molar-refractivity contribution in [3.05, 3.63) is 23.5 Å². The smallest absolute Gasteiger partial charge is 0.0949 e. The number of aliphatic hydroxyl groups excluding tert-OH is 1. The van der Waals surface area contributed by atoms with Crippen LogP contribution in [0.2, 0.25) is 0 Å². The van der Waals surface area contributed by atoms with Crippen molar-refractivity contribution in [3.8, 4) is 0 Å². The molecule has 0 aliphatic heterocycles. The Labute approximate surface area is 117 Å². The van der Waals surface area contributed by atoms with Crippen molar-refractivity contribution in [1.29, 1.82) is 0 Å². The molecule has 18 heavy (non-hydrogen) atoms. The first-order chi connectivity index (χ1) is 8.63. The van der Waals surface area contributed by atoms with Gasteiger partial charge in [0.1, 0.15) is 0 Å². The van der Waals surface area contributed by atoms with Gasteiger partial charge >= 0.3 is 0 Å². The highest BCUT2D eigenvalue weighted by Gasteiger charge is 1.93. The molecule has 0 radical (unpaired) electrons. The average Bonchev–Trinajstić information content (AvgIpc) is 2.43. The van der Waals surface area contributed by atoms with E-state index in [2.05, 4.69) is 33.8 Å². The molecule has 0 amide bonds. The van der Waals surface area contributed by atoms with Gasteiger partial charge in [-0.3, -0.25) is 0 Å². The number of rotatable bonds is 4. The largest absolute Gasteiger partial charge is 0.512 e. The summed E-state index contributed by atoms with van der Waals surface area (Å²) in [6.07, 6.45) is 7.99. The van der Waals surface area contributed by atoms with Crippen LogP contribution in [-0.2, 0) is 0 Å². The van der Waals surface area contributed by atoms with Crippen LogP contribution in [0.25, 0.3) is 0 Å². The second kappa shape index (κ2) is 29.9. The molecule has 0 heterocycles. The molecular weight excluding hydrogens is 220 g/mol. The maximum absolute atomic E-state index is 9.37. The number of hydrogen-bond donors (Lipinski definition) is 1. The number of hydrogen-bond acceptors (Lipinski definition) is 1. The molecule has 0 aromatic rings. The normalized spacial score (nSPS) is 10.1. The lowest BCUT2D eigenvalue weighted by molar-refractivity contribution is 0.392. The maximum atomic E-state index is 9.37. The van der Waals surface area contributed by atoms with Crippen LogP contribution < -0.4 is 0 Å². The Hall–Kier alpha value is -0.720. The van der Waals surface area contributed by atoms with E-state index >= 15 is 0 Å². The number of allylic oxidation sites excluding steroid dienone is 3. The van der Waals surface area contributed by atoms with E-state index in [0.29, 0.717) is 12.2 Å². The molecular formula is C17H38O. The van der Waals surface area contributed by atoms with E-state index < -0.39 is 0 Å². The molecule has 0 unspecified atom stereocenters. The van der Waals surface area contributed by atoms with Crippen LogP contribution in [0.1, 0.15) is 88.0 Å². The SMILES string of the molecule is CC.CC.CC/C=C\C/C(O)=C(\C)CC.CCC. The molecule has 0 aromatic heterocycles. The first-order valence-electron chi connectivity index (χ1n) is 7.66. The first-order valence-corrected chi connectivity index (χ1v) is 7.66. The zero-order valence-corrected chi connectivity index (χ0v) is 14.4. The van der Waals surface area contributed by atoms with Gasteiger partial charge in [0.15, 0.2) is 0 Å². The quantitative estimate of drug-likeness (QED) is 0.423. The summed E-state index contributed by atoms with van der Waals surface area (Å²) in [5.41, 5.74) is 1.09. The molecule has 0 aliphatic carbocycles. The van der Waals surface area contributed by atoms with Crippen molar-refractivity contribution in [2.24, 2.45) is 0 Å². The fourth-order valence-electron chi connectivity index (χ4n) is 0.740. The van der Waals surface area contributed by atoms with Gasteiger partial charge in [-0.1, -0.05) is 74.0 Å². The monoisotopic (exact) mass is 258 g/mol. The minimum atomic E-state index is 0.525. The van der Waals surface area contributed by atoms with Gasteiger partial charge in [-0.25, -0.2) is 0 Å². The van der Waals surface area contributed by atoms with Crippen LogP contribution >= 0.6 is 0 Å². The molecule has 1 nitrogen and oxygen atoms in total. The predicted octanol–water partition coefficient (Wildman–Crippen LogP) is 7.05. The molecule has 0 atom stereocenters. The van der Waals surface area contributed by atoms with Crippen molar-refractivity contribution < 1.29 is 5.11 Å². The molecule has 0 bridgehead atoms. The number of aliphatic hydroxyl groups is 1. The zero-order valence-electron chi connectivity index (χ0n) is 14.4. The van der Waals surface area contributed by atoms with E-state index in [9.17, 15) is 5.11 Å². The van der Waals surface area contributed by atoms with E-state index in [0.717, 1.165) is 18.4 Å². The minimum Gasteiger partial charge on any atom is -0.512 e. The van der Waals surface area contributed by atoms with Gasteiger partial charge in [0, 0.05) is 6.42 Å². The van der Waals surface area contributed by atoms with Crippen molar-refractivity contribution in [2.75, 3.05) is 0 Å². The highest BCUT2D eigenvalue weighted by molar-refractivity contribution is 5.07. The molecule has 1 N–H and O–H groups in total. The van der Waals surface area contributed by atoms with Gasteiger partial charge in [0.2, 0.25) is 0 Å². The van der Waals surface area contributed by atoms with Crippen molar-refractivity contribution in [3.63, 3.8) is 0 Å². The Morgan fingerprint density at radius 2 is 1.28 bits per heavy atom. The molecule has 0 aliphatic rings. The van der Waals surface area contributed by atoms with Gasteiger partial charge in [0.25, 0.3) is 0 Å². The Bertz CT molecular complexity index is 166. The Balaban J connectivity index is -0.000000118. The van der Waals surface area contributed by atoms with Crippen molar-refractivity contribution >= 4 is 0 Å². The van der Waals surface area contributed by atoms with E-state index in [1.54, 1.807) is 0 Å². The average molecular weight is 258 g/mol. The molecule has 0 rings (SSSR count). The van der Waals surface area contributed by atoms with Gasteiger partial charge in [-0.15, -0.1) is 0 Å². The van der Waals surface area contributed by atoms with E-state index in [1.165, 1.54) is 6.42 Å². The summed E-state index contributed by atoms with van der Waals surface area (Å²) in [5, 5.41) is 9.37. The summed E-state index contributed by atoms with van der Waals surface area (Å²) in [6.45, 7) is 18.4. The van der Waals surface area contributed by atoms with E-state index in [-0.39, 0.29) is 0 Å². The third-order valence-electron chi connectivity index (χ3n) is 1.74. The van der Waals surface area contributed by atoms with Crippen molar-refractivity contribution in [1.82, 2.24) is 0 Å². The molecule has 0 spiro atoms. The van der Waals surface area contributed by atoms with E-state index in [1.807, 2.05) is 40.7 Å².